The summed E-state index contributed by atoms with van der Waals surface area (Å²) in [5.41, 5.74) is 5.12. The van der Waals surface area contributed by atoms with Crippen LogP contribution in [-0.4, -0.2) is 51.3 Å². The van der Waals surface area contributed by atoms with E-state index < -0.39 is 30.8 Å². The number of ether oxygens (including phenoxy) is 1. The maximum absolute atomic E-state index is 8.97. The fraction of sp³-hybridized carbons (Fsp3) is 1.00. The van der Waals surface area contributed by atoms with Crippen LogP contribution in [0.5, 0.6) is 0 Å². The summed E-state index contributed by atoms with van der Waals surface area (Å²) >= 11 is 0. The molecule has 0 aromatic rings. The van der Waals surface area contributed by atoms with Gasteiger partial charge in [0, 0.05) is 0 Å². The maximum Gasteiger partial charge on any atom is 0.185 e. The van der Waals surface area contributed by atoms with Gasteiger partial charge in [0.25, 0.3) is 0 Å². The average molecular weight is 165 g/mol. The van der Waals surface area contributed by atoms with E-state index in [0.717, 1.165) is 0 Å². The molecule has 11 heavy (non-hydrogen) atoms. The van der Waals surface area contributed by atoms with Crippen molar-refractivity contribution in [3.8, 4) is 0 Å². The van der Waals surface area contributed by atoms with E-state index in [-0.39, 0.29) is 0 Å². The highest BCUT2D eigenvalue weighted by atomic mass is 16.6. The summed E-state index contributed by atoms with van der Waals surface area (Å²) in [6, 6.07) is 0. The van der Waals surface area contributed by atoms with E-state index in [2.05, 4.69) is 4.74 Å². The van der Waals surface area contributed by atoms with E-state index in [4.69, 9.17) is 26.2 Å². The molecule has 1 aliphatic rings. The van der Waals surface area contributed by atoms with Crippen molar-refractivity contribution in [2.45, 2.75) is 30.8 Å². The molecule has 1 aliphatic heterocycles. The van der Waals surface area contributed by atoms with Crippen LogP contribution in [0.3, 0.4) is 0 Å². The van der Waals surface area contributed by atoms with E-state index in [0.29, 0.717) is 0 Å². The van der Waals surface area contributed by atoms with E-state index in [1.54, 1.807) is 0 Å². The Labute approximate surface area is 62.8 Å². The third-order valence-electron chi connectivity index (χ3n) is 1.63. The number of aliphatic hydroxyl groups excluding tert-OH is 4. The molecule has 5 atom stereocenters. The fourth-order valence-corrected chi connectivity index (χ4v) is 0.887. The molecule has 1 rings (SSSR count). The fourth-order valence-electron chi connectivity index (χ4n) is 0.887. The minimum absolute atomic E-state index is 1.16. The van der Waals surface area contributed by atoms with Crippen LogP contribution < -0.4 is 5.73 Å². The molecule has 6 nitrogen and oxygen atoms in total. The zero-order valence-corrected chi connectivity index (χ0v) is 5.66. The Hall–Kier alpha value is -0.240. The molecule has 6 heteroatoms. The maximum atomic E-state index is 8.97. The summed E-state index contributed by atoms with van der Waals surface area (Å²) in [7, 11) is 0. The quantitative estimate of drug-likeness (QED) is 0.257. The zero-order valence-electron chi connectivity index (χ0n) is 5.66. The Morgan fingerprint density at radius 3 is 2.00 bits per heavy atom. The predicted molar refractivity (Wildman–Crippen MR) is 33.1 cm³/mol. The zero-order chi connectivity index (χ0) is 8.59. The van der Waals surface area contributed by atoms with Crippen molar-refractivity contribution in [1.82, 2.24) is 0 Å². The van der Waals surface area contributed by atoms with Crippen molar-refractivity contribution in [3.05, 3.63) is 0 Å². The second-order valence-corrected chi connectivity index (χ2v) is 2.46. The van der Waals surface area contributed by atoms with E-state index in [9.17, 15) is 0 Å². The number of hydrogen-bond acceptors (Lipinski definition) is 6. The van der Waals surface area contributed by atoms with Gasteiger partial charge in [-0.3, -0.25) is 0 Å². The molecule has 0 aromatic heterocycles. The second kappa shape index (κ2) is 3.02. The van der Waals surface area contributed by atoms with Gasteiger partial charge in [0.2, 0.25) is 0 Å². The van der Waals surface area contributed by atoms with Crippen LogP contribution in [0.15, 0.2) is 0 Å². The van der Waals surface area contributed by atoms with Gasteiger partial charge in [0.15, 0.2) is 6.29 Å². The van der Waals surface area contributed by atoms with Crippen molar-refractivity contribution >= 4 is 0 Å². The second-order valence-electron chi connectivity index (χ2n) is 2.46. The summed E-state index contributed by atoms with van der Waals surface area (Å²) in [5.74, 6) is 0. The molecule has 0 saturated carbocycles. The predicted octanol–water partition coefficient (Wildman–Crippen LogP) is -3.30. The van der Waals surface area contributed by atoms with Crippen LogP contribution in [0.4, 0.5) is 0 Å². The summed E-state index contributed by atoms with van der Waals surface area (Å²) < 4.78 is 4.45. The molecular weight excluding hydrogens is 154 g/mol. The monoisotopic (exact) mass is 165 g/mol. The first-order valence-corrected chi connectivity index (χ1v) is 3.17. The van der Waals surface area contributed by atoms with Gasteiger partial charge in [-0.25, -0.2) is 0 Å². The molecule has 0 bridgehead atoms. The van der Waals surface area contributed by atoms with Gasteiger partial charge in [0.1, 0.15) is 24.5 Å². The number of nitrogens with two attached hydrogens (primary N) is 1. The molecule has 0 amide bonds. The molecule has 66 valence electrons. The Balaban J connectivity index is 2.63. The first-order valence-electron chi connectivity index (χ1n) is 3.17. The summed E-state index contributed by atoms with van der Waals surface area (Å²) in [4.78, 5) is 0. The minimum atomic E-state index is -1.54. The Morgan fingerprint density at radius 1 is 0.909 bits per heavy atom. The van der Waals surface area contributed by atoms with Crippen molar-refractivity contribution in [2.24, 2.45) is 5.73 Å². The lowest BCUT2D eigenvalue weighted by molar-refractivity contribution is -0.280. The van der Waals surface area contributed by atoms with Crippen molar-refractivity contribution in [1.29, 1.82) is 0 Å². The van der Waals surface area contributed by atoms with Crippen LogP contribution in [0, 0.1) is 0 Å². The van der Waals surface area contributed by atoms with E-state index >= 15 is 0 Å². The molecule has 1 heterocycles. The normalized spacial score (nSPS) is 52.6. The molecule has 0 spiro atoms. The van der Waals surface area contributed by atoms with Gasteiger partial charge >= 0.3 is 0 Å². The highest BCUT2D eigenvalue weighted by molar-refractivity contribution is 4.85. The van der Waals surface area contributed by atoms with E-state index in [1.165, 1.54) is 0 Å². The van der Waals surface area contributed by atoms with Crippen molar-refractivity contribution in [2.75, 3.05) is 0 Å². The average Bonchev–Trinajstić information content (AvgIpc) is 1.97. The standard InChI is InChI=1S/C5H11NO5/c6-4-2(8)1(7)3(9)5(10)11-4/h1-5,7-10H,6H2/t1-,2+,3+,4?,5+/m1/s1. The molecule has 0 radical (unpaired) electrons. The lowest BCUT2D eigenvalue weighted by Gasteiger charge is -2.36. The van der Waals surface area contributed by atoms with Crippen LogP contribution >= 0.6 is 0 Å². The van der Waals surface area contributed by atoms with Crippen LogP contribution in [0.1, 0.15) is 0 Å². The molecule has 1 saturated heterocycles. The van der Waals surface area contributed by atoms with E-state index in [1.807, 2.05) is 0 Å². The SMILES string of the molecule is NC1O[C@H](O)[C@@H](O)[C@H](O)[C@@H]1O. The highest BCUT2D eigenvalue weighted by Crippen LogP contribution is 2.16. The molecule has 0 aliphatic carbocycles. The number of hydrogen-bond donors (Lipinski definition) is 5. The lowest BCUT2D eigenvalue weighted by atomic mass is 10.0. The highest BCUT2D eigenvalue weighted by Gasteiger charge is 2.41. The molecule has 6 N–H and O–H groups in total. The van der Waals surface area contributed by atoms with Gasteiger partial charge in [-0.1, -0.05) is 0 Å². The topological polar surface area (TPSA) is 116 Å². The van der Waals surface area contributed by atoms with Gasteiger partial charge in [-0.2, -0.15) is 0 Å². The molecule has 1 fully saturated rings. The first-order chi connectivity index (χ1) is 5.04. The summed E-state index contributed by atoms with van der Waals surface area (Å²) in [5, 5.41) is 35.6. The van der Waals surface area contributed by atoms with Gasteiger partial charge < -0.3 is 30.9 Å². The smallest absolute Gasteiger partial charge is 0.185 e. The molecule has 0 aromatic carbocycles. The third kappa shape index (κ3) is 1.51. The van der Waals surface area contributed by atoms with Crippen LogP contribution in [0.25, 0.3) is 0 Å². The number of rotatable bonds is 0. The Kier molecular flexibility index (Phi) is 2.43. The first kappa shape index (κ1) is 8.85. The third-order valence-corrected chi connectivity index (χ3v) is 1.63. The summed E-state index contributed by atoms with van der Waals surface area (Å²) in [6.45, 7) is 0. The van der Waals surface area contributed by atoms with Crippen molar-refractivity contribution < 1.29 is 25.2 Å². The van der Waals surface area contributed by atoms with Crippen LogP contribution in [-0.2, 0) is 4.74 Å². The molecular formula is C5H11NO5. The Morgan fingerprint density at radius 2 is 1.45 bits per heavy atom. The van der Waals surface area contributed by atoms with Gasteiger partial charge in [-0.05, 0) is 0 Å². The minimum Gasteiger partial charge on any atom is -0.387 e. The van der Waals surface area contributed by atoms with Crippen molar-refractivity contribution in [3.63, 3.8) is 0 Å². The van der Waals surface area contributed by atoms with Crippen LogP contribution in [0.2, 0.25) is 0 Å². The largest absolute Gasteiger partial charge is 0.387 e. The number of aliphatic hydroxyl groups is 4. The van der Waals surface area contributed by atoms with Gasteiger partial charge in [-0.15, -0.1) is 0 Å². The molecule has 1 unspecified atom stereocenters. The Bertz CT molecular complexity index is 129. The summed E-state index contributed by atoms with van der Waals surface area (Å²) in [6.07, 6.45) is -7.04. The lowest BCUT2D eigenvalue weighted by Crippen LogP contribution is -2.60. The van der Waals surface area contributed by atoms with Gasteiger partial charge in [0.05, 0.1) is 0 Å².